The summed E-state index contributed by atoms with van der Waals surface area (Å²) in [5, 5.41) is 11.7. The van der Waals surface area contributed by atoms with E-state index in [0.717, 1.165) is 13.1 Å². The van der Waals surface area contributed by atoms with Crippen LogP contribution in [0.15, 0.2) is 0 Å². The van der Waals surface area contributed by atoms with Crippen LogP contribution in [-0.2, 0) is 9.53 Å². The van der Waals surface area contributed by atoms with Crippen molar-refractivity contribution >= 4 is 5.91 Å². The monoisotopic (exact) mass is 239 g/mol. The molecular formula is C12H21N3O2. The molecule has 1 fully saturated rings. The second-order valence-corrected chi connectivity index (χ2v) is 4.93. The summed E-state index contributed by atoms with van der Waals surface area (Å²) >= 11 is 0. The lowest BCUT2D eigenvalue weighted by Crippen LogP contribution is -2.60. The van der Waals surface area contributed by atoms with Gasteiger partial charge in [-0.2, -0.15) is 5.26 Å². The highest BCUT2D eigenvalue weighted by atomic mass is 16.5. The molecule has 96 valence electrons. The Morgan fingerprint density at radius 2 is 2.24 bits per heavy atom. The van der Waals surface area contributed by atoms with Crippen LogP contribution in [0.4, 0.5) is 0 Å². The quantitative estimate of drug-likeness (QED) is 0.733. The summed E-state index contributed by atoms with van der Waals surface area (Å²) < 4.78 is 5.60. The van der Waals surface area contributed by atoms with E-state index in [1.54, 1.807) is 4.90 Å². The zero-order chi connectivity index (χ0) is 12.9. The van der Waals surface area contributed by atoms with Crippen LogP contribution in [0.25, 0.3) is 0 Å². The lowest BCUT2D eigenvalue weighted by atomic mass is 10.0. The van der Waals surface area contributed by atoms with Crippen molar-refractivity contribution in [2.24, 2.45) is 0 Å². The van der Waals surface area contributed by atoms with E-state index in [1.165, 1.54) is 0 Å². The van der Waals surface area contributed by atoms with Crippen LogP contribution < -0.4 is 5.32 Å². The van der Waals surface area contributed by atoms with E-state index < -0.39 is 0 Å². The first-order valence-electron chi connectivity index (χ1n) is 5.99. The fourth-order valence-electron chi connectivity index (χ4n) is 1.74. The Labute approximate surface area is 103 Å². The molecule has 1 rings (SSSR count). The van der Waals surface area contributed by atoms with E-state index >= 15 is 0 Å². The van der Waals surface area contributed by atoms with Crippen LogP contribution in [0.1, 0.15) is 27.2 Å². The van der Waals surface area contributed by atoms with Crippen molar-refractivity contribution in [2.45, 2.75) is 38.8 Å². The molecule has 1 heterocycles. The number of nitriles is 1. The van der Waals surface area contributed by atoms with Crippen molar-refractivity contribution in [2.75, 3.05) is 26.2 Å². The molecule has 0 aromatic heterocycles. The Hall–Kier alpha value is -1.12. The molecule has 5 nitrogen and oxygen atoms in total. The maximum absolute atomic E-state index is 11.9. The maximum atomic E-state index is 11.9. The lowest BCUT2D eigenvalue weighted by Gasteiger charge is -2.39. The van der Waals surface area contributed by atoms with Gasteiger partial charge in [-0.15, -0.1) is 0 Å². The van der Waals surface area contributed by atoms with Crippen LogP contribution in [0.2, 0.25) is 0 Å². The summed E-state index contributed by atoms with van der Waals surface area (Å²) in [4.78, 5) is 13.6. The highest BCUT2D eigenvalue weighted by Gasteiger charge is 2.33. The third-order valence-electron chi connectivity index (χ3n) is 2.95. The molecule has 0 bridgehead atoms. The minimum absolute atomic E-state index is 0.0385. The molecule has 1 aliphatic heterocycles. The van der Waals surface area contributed by atoms with Crippen LogP contribution in [-0.4, -0.2) is 48.7 Å². The highest BCUT2D eigenvalue weighted by molar-refractivity contribution is 5.77. The largest absolute Gasteiger partial charge is 0.363 e. The van der Waals surface area contributed by atoms with Gasteiger partial charge in [0.2, 0.25) is 5.91 Å². The number of nitrogens with one attached hydrogen (secondary N) is 1. The van der Waals surface area contributed by atoms with Crippen molar-refractivity contribution < 1.29 is 9.53 Å². The maximum Gasteiger partial charge on any atom is 0.248 e. The Morgan fingerprint density at radius 3 is 2.65 bits per heavy atom. The van der Waals surface area contributed by atoms with Crippen LogP contribution in [0.5, 0.6) is 0 Å². The zero-order valence-electron chi connectivity index (χ0n) is 10.8. The summed E-state index contributed by atoms with van der Waals surface area (Å²) in [6.07, 6.45) is 0.364. The van der Waals surface area contributed by atoms with Crippen molar-refractivity contribution in [3.63, 3.8) is 0 Å². The molecule has 0 radical (unpaired) electrons. The van der Waals surface area contributed by atoms with Gasteiger partial charge in [0, 0.05) is 25.7 Å². The van der Waals surface area contributed by atoms with Crippen LogP contribution in [0, 0.1) is 11.3 Å². The molecular weight excluding hydrogens is 218 g/mol. The minimum atomic E-state index is -0.201. The molecule has 0 atom stereocenters. The summed E-state index contributed by atoms with van der Waals surface area (Å²) in [5.41, 5.74) is -0.201. The summed E-state index contributed by atoms with van der Waals surface area (Å²) in [6.45, 7) is 8.04. The first-order chi connectivity index (χ1) is 7.98. The van der Waals surface area contributed by atoms with E-state index in [9.17, 15) is 4.79 Å². The number of carbonyl (C=O) groups excluding carboxylic acids is 1. The van der Waals surface area contributed by atoms with Crippen molar-refractivity contribution in [1.29, 1.82) is 5.26 Å². The second kappa shape index (κ2) is 5.99. The molecule has 0 aliphatic carbocycles. The molecule has 0 aromatic rings. The molecule has 1 saturated heterocycles. The minimum Gasteiger partial charge on any atom is -0.363 e. The third-order valence-corrected chi connectivity index (χ3v) is 2.95. The van der Waals surface area contributed by atoms with Gasteiger partial charge in [0.1, 0.15) is 6.61 Å². The molecule has 0 saturated carbocycles. The Kier molecular flexibility index (Phi) is 4.91. The summed E-state index contributed by atoms with van der Waals surface area (Å²) in [5.74, 6) is -0.0385. The first-order valence-corrected chi connectivity index (χ1v) is 5.99. The van der Waals surface area contributed by atoms with Gasteiger partial charge in [-0.3, -0.25) is 4.79 Å². The summed E-state index contributed by atoms with van der Waals surface area (Å²) in [6, 6.07) is 2.16. The number of ether oxygens (including phenoxy) is 1. The number of hydrogen-bond donors (Lipinski definition) is 1. The van der Waals surface area contributed by atoms with Gasteiger partial charge in [-0.05, 0) is 20.8 Å². The van der Waals surface area contributed by atoms with Gasteiger partial charge >= 0.3 is 0 Å². The molecule has 1 amide bonds. The first kappa shape index (κ1) is 13.9. The fourth-order valence-corrected chi connectivity index (χ4v) is 1.74. The Bertz CT molecular complexity index is 305. The predicted molar refractivity (Wildman–Crippen MR) is 64.3 cm³/mol. The Balaban J connectivity index is 2.39. The van der Waals surface area contributed by atoms with Gasteiger partial charge in [0.25, 0.3) is 0 Å². The molecule has 17 heavy (non-hydrogen) atoms. The number of carbonyl (C=O) groups is 1. The smallest absolute Gasteiger partial charge is 0.248 e. The SMILES string of the molecule is CC(C)N(CCC#N)C(=O)COC1(C)CNC1. The van der Waals surface area contributed by atoms with E-state index in [0.29, 0.717) is 13.0 Å². The van der Waals surface area contributed by atoms with E-state index in [4.69, 9.17) is 10.00 Å². The van der Waals surface area contributed by atoms with Crippen molar-refractivity contribution in [3.05, 3.63) is 0 Å². The van der Waals surface area contributed by atoms with Crippen LogP contribution in [0.3, 0.4) is 0 Å². The van der Waals surface area contributed by atoms with Gasteiger partial charge in [0.05, 0.1) is 18.1 Å². The topological polar surface area (TPSA) is 65.4 Å². The average molecular weight is 239 g/mol. The van der Waals surface area contributed by atoms with Gasteiger partial charge in [-0.25, -0.2) is 0 Å². The molecule has 1 aliphatic rings. The van der Waals surface area contributed by atoms with E-state index in [1.807, 2.05) is 20.8 Å². The lowest BCUT2D eigenvalue weighted by molar-refractivity contribution is -0.147. The van der Waals surface area contributed by atoms with Crippen molar-refractivity contribution in [3.8, 4) is 6.07 Å². The van der Waals surface area contributed by atoms with Crippen LogP contribution >= 0.6 is 0 Å². The molecule has 0 unspecified atom stereocenters. The molecule has 1 N–H and O–H groups in total. The van der Waals surface area contributed by atoms with E-state index in [2.05, 4.69) is 11.4 Å². The average Bonchev–Trinajstić information content (AvgIpc) is 2.23. The second-order valence-electron chi connectivity index (χ2n) is 4.93. The number of hydrogen-bond acceptors (Lipinski definition) is 4. The zero-order valence-corrected chi connectivity index (χ0v) is 10.8. The highest BCUT2D eigenvalue weighted by Crippen LogP contribution is 2.15. The predicted octanol–water partition coefficient (Wildman–Crippen LogP) is 0.516. The number of nitrogens with zero attached hydrogens (tertiary/aromatic N) is 2. The fraction of sp³-hybridized carbons (Fsp3) is 0.833. The van der Waals surface area contributed by atoms with Gasteiger partial charge < -0.3 is 15.0 Å². The van der Waals surface area contributed by atoms with E-state index in [-0.39, 0.29) is 24.2 Å². The number of amides is 1. The molecule has 5 heteroatoms. The third kappa shape index (κ3) is 3.99. The van der Waals surface area contributed by atoms with Crippen molar-refractivity contribution in [1.82, 2.24) is 10.2 Å². The normalized spacial score (nSPS) is 17.4. The number of rotatable bonds is 6. The van der Waals surface area contributed by atoms with Gasteiger partial charge in [0.15, 0.2) is 0 Å². The standard InChI is InChI=1S/C12H21N3O2/c1-10(2)15(6-4-5-13)11(16)7-17-12(3)8-14-9-12/h10,14H,4,6-9H2,1-3H3. The molecule has 0 aromatic carbocycles. The van der Waals surface area contributed by atoms with Gasteiger partial charge in [-0.1, -0.05) is 0 Å². The molecule has 0 spiro atoms. The summed E-state index contributed by atoms with van der Waals surface area (Å²) in [7, 11) is 0. The Morgan fingerprint density at radius 1 is 1.59 bits per heavy atom.